The van der Waals surface area contributed by atoms with Crippen LogP contribution in [0.2, 0.25) is 0 Å². The molecule has 3 rings (SSSR count). The number of morpholine rings is 1. The number of thiophene rings is 1. The van der Waals surface area contributed by atoms with Crippen LogP contribution in [0.5, 0.6) is 0 Å². The number of nitrogens with zero attached hydrogens (tertiary/aromatic N) is 3. The molecule has 1 aliphatic heterocycles. The molecule has 0 radical (unpaired) electrons. The van der Waals surface area contributed by atoms with Gasteiger partial charge >= 0.3 is 0 Å². The number of hydrogen-bond acceptors (Lipinski definition) is 6. The third kappa shape index (κ3) is 2.28. The molecule has 0 bridgehead atoms. The van der Waals surface area contributed by atoms with Gasteiger partial charge in [0.05, 0.1) is 24.6 Å². The van der Waals surface area contributed by atoms with E-state index in [1.807, 2.05) is 7.05 Å². The van der Waals surface area contributed by atoms with Crippen LogP contribution >= 0.6 is 11.3 Å². The molecule has 0 amide bonds. The number of rotatable bonds is 3. The summed E-state index contributed by atoms with van der Waals surface area (Å²) in [6.45, 7) is 7.59. The Hall–Kier alpha value is -1.24. The van der Waals surface area contributed by atoms with Crippen molar-refractivity contribution in [1.29, 1.82) is 0 Å². The van der Waals surface area contributed by atoms with Gasteiger partial charge in [-0.25, -0.2) is 9.97 Å². The summed E-state index contributed by atoms with van der Waals surface area (Å²) in [5.74, 6) is 1.06. The molecule has 1 unspecified atom stereocenters. The number of likely N-dealkylation sites (N-methyl/N-ethyl adjacent to an activating group) is 1. The highest BCUT2D eigenvalue weighted by Crippen LogP contribution is 2.35. The Morgan fingerprint density at radius 3 is 3.10 bits per heavy atom. The average Bonchev–Trinajstić information content (AvgIpc) is 2.75. The normalized spacial score (nSPS) is 19.8. The Kier molecular flexibility index (Phi) is 3.87. The Morgan fingerprint density at radius 1 is 1.45 bits per heavy atom. The van der Waals surface area contributed by atoms with Crippen LogP contribution in [0.25, 0.3) is 10.2 Å². The Labute approximate surface area is 123 Å². The van der Waals surface area contributed by atoms with Gasteiger partial charge in [-0.1, -0.05) is 0 Å². The first kappa shape index (κ1) is 13.7. The van der Waals surface area contributed by atoms with Crippen LogP contribution in [-0.4, -0.2) is 49.4 Å². The standard InChI is InChI=1S/C14H20N4OS/c1-9-10(2)20-14-12(9)13(16-8-17-14)18-4-5-19-7-11(18)6-15-3/h8,11,15H,4-7H2,1-3H3. The smallest absolute Gasteiger partial charge is 0.141 e. The zero-order chi connectivity index (χ0) is 14.1. The van der Waals surface area contributed by atoms with Gasteiger partial charge in [-0.05, 0) is 26.5 Å². The summed E-state index contributed by atoms with van der Waals surface area (Å²) in [6, 6.07) is 0.325. The third-order valence-corrected chi connectivity index (χ3v) is 5.00. The Morgan fingerprint density at radius 2 is 2.30 bits per heavy atom. The van der Waals surface area contributed by atoms with Crippen molar-refractivity contribution >= 4 is 27.4 Å². The van der Waals surface area contributed by atoms with Crippen LogP contribution in [0, 0.1) is 13.8 Å². The summed E-state index contributed by atoms with van der Waals surface area (Å²) in [7, 11) is 1.97. The molecule has 2 aromatic heterocycles. The van der Waals surface area contributed by atoms with E-state index in [0.717, 1.165) is 37.0 Å². The van der Waals surface area contributed by atoms with E-state index >= 15 is 0 Å². The second-order valence-electron chi connectivity index (χ2n) is 5.14. The summed E-state index contributed by atoms with van der Waals surface area (Å²) in [5, 5.41) is 4.45. The quantitative estimate of drug-likeness (QED) is 0.934. The highest BCUT2D eigenvalue weighted by molar-refractivity contribution is 7.18. The van der Waals surface area contributed by atoms with E-state index in [1.54, 1.807) is 17.7 Å². The fourth-order valence-corrected chi connectivity index (χ4v) is 3.71. The SMILES string of the molecule is CNCC1COCCN1c1ncnc2sc(C)c(C)c12. The molecule has 1 aliphatic rings. The molecule has 0 aromatic carbocycles. The van der Waals surface area contributed by atoms with Gasteiger partial charge in [0, 0.05) is 18.0 Å². The maximum Gasteiger partial charge on any atom is 0.141 e. The fourth-order valence-electron chi connectivity index (χ4n) is 2.72. The molecule has 108 valence electrons. The molecule has 1 fully saturated rings. The predicted molar refractivity (Wildman–Crippen MR) is 82.8 cm³/mol. The molecule has 6 heteroatoms. The summed E-state index contributed by atoms with van der Waals surface area (Å²) >= 11 is 1.75. The minimum absolute atomic E-state index is 0.325. The number of aryl methyl sites for hydroxylation is 2. The van der Waals surface area contributed by atoms with Gasteiger partial charge in [0.15, 0.2) is 0 Å². The molecule has 2 aromatic rings. The van der Waals surface area contributed by atoms with E-state index in [2.05, 4.69) is 34.0 Å². The molecule has 3 heterocycles. The minimum atomic E-state index is 0.325. The van der Waals surface area contributed by atoms with Crippen LogP contribution < -0.4 is 10.2 Å². The van der Waals surface area contributed by atoms with E-state index in [1.165, 1.54) is 15.8 Å². The first-order chi connectivity index (χ1) is 9.72. The maximum atomic E-state index is 5.61. The molecule has 1 N–H and O–H groups in total. The highest BCUT2D eigenvalue weighted by Gasteiger charge is 2.26. The van der Waals surface area contributed by atoms with E-state index < -0.39 is 0 Å². The third-order valence-electron chi connectivity index (χ3n) is 3.88. The van der Waals surface area contributed by atoms with Gasteiger partial charge in [-0.2, -0.15) is 0 Å². The summed E-state index contributed by atoms with van der Waals surface area (Å²) in [5.41, 5.74) is 1.30. The van der Waals surface area contributed by atoms with Gasteiger partial charge in [-0.3, -0.25) is 0 Å². The van der Waals surface area contributed by atoms with Crippen molar-refractivity contribution in [2.45, 2.75) is 19.9 Å². The monoisotopic (exact) mass is 292 g/mol. The number of ether oxygens (including phenoxy) is 1. The van der Waals surface area contributed by atoms with Crippen molar-refractivity contribution in [2.75, 3.05) is 38.3 Å². The van der Waals surface area contributed by atoms with Crippen molar-refractivity contribution in [3.63, 3.8) is 0 Å². The highest BCUT2D eigenvalue weighted by atomic mass is 32.1. The van der Waals surface area contributed by atoms with E-state index in [0.29, 0.717) is 6.04 Å². The molecule has 0 aliphatic carbocycles. The minimum Gasteiger partial charge on any atom is -0.377 e. The van der Waals surface area contributed by atoms with Crippen molar-refractivity contribution in [1.82, 2.24) is 15.3 Å². The molecule has 1 atom stereocenters. The predicted octanol–water partition coefficient (Wildman–Crippen LogP) is 1.73. The molecule has 5 nitrogen and oxygen atoms in total. The lowest BCUT2D eigenvalue weighted by molar-refractivity contribution is 0.0940. The summed E-state index contributed by atoms with van der Waals surface area (Å²) in [6.07, 6.45) is 1.68. The second-order valence-corrected chi connectivity index (χ2v) is 6.34. The lowest BCUT2D eigenvalue weighted by Gasteiger charge is -2.36. The van der Waals surface area contributed by atoms with Gasteiger partial charge in [0.1, 0.15) is 17.0 Å². The number of hydrogen-bond donors (Lipinski definition) is 1. The fraction of sp³-hybridized carbons (Fsp3) is 0.571. The molecule has 20 heavy (non-hydrogen) atoms. The van der Waals surface area contributed by atoms with Gasteiger partial charge in [-0.15, -0.1) is 11.3 Å². The van der Waals surface area contributed by atoms with Crippen LogP contribution in [-0.2, 0) is 4.74 Å². The molecular formula is C14H20N4OS. The van der Waals surface area contributed by atoms with Crippen LogP contribution in [0.1, 0.15) is 10.4 Å². The lowest BCUT2D eigenvalue weighted by atomic mass is 10.1. The lowest BCUT2D eigenvalue weighted by Crippen LogP contribution is -2.50. The summed E-state index contributed by atoms with van der Waals surface area (Å²) in [4.78, 5) is 13.8. The van der Waals surface area contributed by atoms with Crippen molar-refractivity contribution in [2.24, 2.45) is 0 Å². The number of anilines is 1. The average molecular weight is 292 g/mol. The van der Waals surface area contributed by atoms with Crippen molar-refractivity contribution in [3.05, 3.63) is 16.8 Å². The zero-order valence-corrected chi connectivity index (χ0v) is 13.0. The first-order valence-corrected chi connectivity index (χ1v) is 7.73. The Balaban J connectivity index is 2.08. The van der Waals surface area contributed by atoms with Crippen molar-refractivity contribution < 1.29 is 4.74 Å². The number of nitrogens with one attached hydrogen (secondary N) is 1. The van der Waals surface area contributed by atoms with Crippen LogP contribution in [0.4, 0.5) is 5.82 Å². The van der Waals surface area contributed by atoms with E-state index in [9.17, 15) is 0 Å². The van der Waals surface area contributed by atoms with E-state index in [-0.39, 0.29) is 0 Å². The number of aromatic nitrogens is 2. The number of fused-ring (bicyclic) bond motifs is 1. The van der Waals surface area contributed by atoms with Gasteiger partial charge in [0.25, 0.3) is 0 Å². The van der Waals surface area contributed by atoms with Gasteiger partial charge < -0.3 is 15.0 Å². The topological polar surface area (TPSA) is 50.3 Å². The maximum absolute atomic E-state index is 5.61. The summed E-state index contributed by atoms with van der Waals surface area (Å²) < 4.78 is 5.61. The van der Waals surface area contributed by atoms with Crippen molar-refractivity contribution in [3.8, 4) is 0 Å². The van der Waals surface area contributed by atoms with Crippen LogP contribution in [0.3, 0.4) is 0 Å². The van der Waals surface area contributed by atoms with Gasteiger partial charge in [0.2, 0.25) is 0 Å². The molecule has 1 saturated heterocycles. The zero-order valence-electron chi connectivity index (χ0n) is 12.1. The first-order valence-electron chi connectivity index (χ1n) is 6.92. The molecule has 0 saturated carbocycles. The second kappa shape index (κ2) is 5.63. The molecule has 0 spiro atoms. The Bertz CT molecular complexity index is 610. The van der Waals surface area contributed by atoms with E-state index in [4.69, 9.17) is 4.74 Å². The largest absolute Gasteiger partial charge is 0.377 e. The molecular weight excluding hydrogens is 272 g/mol. The van der Waals surface area contributed by atoms with Crippen LogP contribution in [0.15, 0.2) is 6.33 Å².